The van der Waals surface area contributed by atoms with Crippen molar-refractivity contribution in [2.75, 3.05) is 14.2 Å². The number of carbonyl (C=O) groups is 1. The number of ether oxygens (including phenoxy) is 2. The molecule has 21 heavy (non-hydrogen) atoms. The number of rotatable bonds is 5. The van der Waals surface area contributed by atoms with Gasteiger partial charge in [0.05, 0.1) is 26.0 Å². The first-order chi connectivity index (χ1) is 10.1. The molecule has 110 valence electrons. The summed E-state index contributed by atoms with van der Waals surface area (Å²) in [5.41, 5.74) is 2.25. The van der Waals surface area contributed by atoms with E-state index in [1.165, 1.54) is 6.08 Å². The van der Waals surface area contributed by atoms with E-state index in [4.69, 9.17) is 9.47 Å². The molecule has 0 amide bonds. The van der Waals surface area contributed by atoms with Crippen LogP contribution in [-0.2, 0) is 7.05 Å². The Labute approximate surface area is 123 Å². The van der Waals surface area contributed by atoms with E-state index in [9.17, 15) is 4.79 Å². The van der Waals surface area contributed by atoms with E-state index < -0.39 is 0 Å². The second kappa shape index (κ2) is 6.26. The minimum Gasteiger partial charge on any atom is -0.497 e. The fraction of sp³-hybridized carbons (Fsp3) is 0.250. The molecule has 0 unspecified atom stereocenters. The molecule has 0 N–H and O–H groups in total. The topological polar surface area (TPSA) is 53.3 Å². The summed E-state index contributed by atoms with van der Waals surface area (Å²) >= 11 is 0. The minimum atomic E-state index is -0.0847. The quantitative estimate of drug-likeness (QED) is 0.626. The monoisotopic (exact) mass is 286 g/mol. The molecule has 0 aliphatic carbocycles. The van der Waals surface area contributed by atoms with Gasteiger partial charge in [0.2, 0.25) is 0 Å². The Morgan fingerprint density at radius 1 is 1.29 bits per heavy atom. The van der Waals surface area contributed by atoms with Gasteiger partial charge in [0.1, 0.15) is 11.5 Å². The van der Waals surface area contributed by atoms with E-state index in [1.807, 2.05) is 26.1 Å². The summed E-state index contributed by atoms with van der Waals surface area (Å²) in [6.45, 7) is 1.86. The maximum Gasteiger partial charge on any atom is 0.189 e. The van der Waals surface area contributed by atoms with Crippen molar-refractivity contribution in [3.05, 3.63) is 47.3 Å². The Kier molecular flexibility index (Phi) is 4.42. The molecule has 0 radical (unpaired) electrons. The Morgan fingerprint density at radius 3 is 2.62 bits per heavy atom. The van der Waals surface area contributed by atoms with Gasteiger partial charge in [-0.15, -0.1) is 0 Å². The van der Waals surface area contributed by atoms with Gasteiger partial charge in [0.15, 0.2) is 5.78 Å². The summed E-state index contributed by atoms with van der Waals surface area (Å²) in [4.78, 5) is 12.2. The molecule has 2 aromatic rings. The highest BCUT2D eigenvalue weighted by Gasteiger charge is 2.10. The summed E-state index contributed by atoms with van der Waals surface area (Å²) in [7, 11) is 4.99. The molecular formula is C16H18N2O3. The zero-order chi connectivity index (χ0) is 15.4. The number of benzene rings is 1. The van der Waals surface area contributed by atoms with Crippen LogP contribution in [0.4, 0.5) is 0 Å². The van der Waals surface area contributed by atoms with Crippen LogP contribution in [0.1, 0.15) is 21.6 Å². The van der Waals surface area contributed by atoms with E-state index in [-0.39, 0.29) is 5.78 Å². The highest BCUT2D eigenvalue weighted by atomic mass is 16.5. The molecule has 1 aromatic carbocycles. The molecule has 0 aliphatic heterocycles. The Balaban J connectivity index is 2.25. The smallest absolute Gasteiger partial charge is 0.189 e. The highest BCUT2D eigenvalue weighted by molar-refractivity contribution is 6.07. The molecule has 0 saturated heterocycles. The average Bonchev–Trinajstić information content (AvgIpc) is 2.84. The van der Waals surface area contributed by atoms with E-state index in [0.29, 0.717) is 17.1 Å². The van der Waals surface area contributed by atoms with Gasteiger partial charge in [0, 0.05) is 24.4 Å². The van der Waals surface area contributed by atoms with Crippen LogP contribution in [0, 0.1) is 6.92 Å². The van der Waals surface area contributed by atoms with Crippen LogP contribution < -0.4 is 9.47 Å². The van der Waals surface area contributed by atoms with Crippen LogP contribution in [0.25, 0.3) is 6.08 Å². The summed E-state index contributed by atoms with van der Waals surface area (Å²) in [5.74, 6) is 1.28. The van der Waals surface area contributed by atoms with Crippen molar-refractivity contribution >= 4 is 11.9 Å². The first-order valence-electron chi connectivity index (χ1n) is 6.50. The molecule has 0 atom stereocenters. The Bertz CT molecular complexity index is 687. The summed E-state index contributed by atoms with van der Waals surface area (Å²) in [6, 6.07) is 5.44. The van der Waals surface area contributed by atoms with Gasteiger partial charge < -0.3 is 9.47 Å². The van der Waals surface area contributed by atoms with Crippen LogP contribution in [0.15, 0.2) is 30.5 Å². The summed E-state index contributed by atoms with van der Waals surface area (Å²) in [5, 5.41) is 4.07. The van der Waals surface area contributed by atoms with Crippen molar-refractivity contribution in [3.63, 3.8) is 0 Å². The fourth-order valence-electron chi connectivity index (χ4n) is 1.95. The van der Waals surface area contributed by atoms with Crippen LogP contribution in [0.3, 0.4) is 0 Å². The predicted molar refractivity (Wildman–Crippen MR) is 80.9 cm³/mol. The fourth-order valence-corrected chi connectivity index (χ4v) is 1.95. The van der Waals surface area contributed by atoms with Crippen LogP contribution in [-0.4, -0.2) is 29.8 Å². The summed E-state index contributed by atoms with van der Waals surface area (Å²) < 4.78 is 12.1. The minimum absolute atomic E-state index is 0.0847. The van der Waals surface area contributed by atoms with E-state index in [2.05, 4.69) is 5.10 Å². The molecule has 1 aromatic heterocycles. The van der Waals surface area contributed by atoms with Crippen LogP contribution in [0.5, 0.6) is 11.5 Å². The molecule has 0 aliphatic rings. The van der Waals surface area contributed by atoms with Gasteiger partial charge in [-0.05, 0) is 31.2 Å². The second-order valence-corrected chi connectivity index (χ2v) is 4.57. The lowest BCUT2D eigenvalue weighted by Gasteiger charge is -2.07. The molecule has 0 saturated carbocycles. The third-order valence-electron chi connectivity index (χ3n) is 3.36. The first kappa shape index (κ1) is 14.8. The number of hydrogen-bond acceptors (Lipinski definition) is 4. The van der Waals surface area contributed by atoms with Gasteiger partial charge in [-0.3, -0.25) is 9.48 Å². The van der Waals surface area contributed by atoms with Crippen molar-refractivity contribution in [1.29, 1.82) is 0 Å². The largest absolute Gasteiger partial charge is 0.497 e. The highest BCUT2D eigenvalue weighted by Crippen LogP contribution is 2.25. The van der Waals surface area contributed by atoms with Crippen molar-refractivity contribution < 1.29 is 14.3 Å². The second-order valence-electron chi connectivity index (χ2n) is 4.57. The SMILES string of the molecule is COc1ccc(/C=C/C(=O)c2cnn(C)c2C)c(OC)c1. The standard InChI is InChI=1S/C16H18N2O3/c1-11-14(10-17-18(11)2)15(19)8-6-12-5-7-13(20-3)9-16(12)21-4/h5-10H,1-4H3/b8-6+. The van der Waals surface area contributed by atoms with Crippen molar-refractivity contribution in [1.82, 2.24) is 9.78 Å². The molecule has 0 fully saturated rings. The predicted octanol–water partition coefficient (Wildman–Crippen LogP) is 2.64. The number of methoxy groups -OCH3 is 2. The molecule has 5 heteroatoms. The molecule has 1 heterocycles. The molecule has 5 nitrogen and oxygen atoms in total. The molecular weight excluding hydrogens is 268 g/mol. The van der Waals surface area contributed by atoms with Gasteiger partial charge in [-0.2, -0.15) is 5.10 Å². The number of nitrogens with zero attached hydrogens (tertiary/aromatic N) is 2. The molecule has 0 spiro atoms. The third kappa shape index (κ3) is 3.13. The Morgan fingerprint density at radius 2 is 2.05 bits per heavy atom. The zero-order valence-corrected chi connectivity index (χ0v) is 12.6. The molecule has 2 rings (SSSR count). The van der Waals surface area contributed by atoms with Gasteiger partial charge >= 0.3 is 0 Å². The number of carbonyl (C=O) groups excluding carboxylic acids is 1. The van der Waals surface area contributed by atoms with E-state index >= 15 is 0 Å². The van der Waals surface area contributed by atoms with E-state index in [1.54, 1.807) is 37.2 Å². The molecule has 0 bridgehead atoms. The van der Waals surface area contributed by atoms with Crippen LogP contribution >= 0.6 is 0 Å². The number of aromatic nitrogens is 2. The number of hydrogen-bond donors (Lipinski definition) is 0. The Hall–Kier alpha value is -2.56. The van der Waals surface area contributed by atoms with Crippen molar-refractivity contribution in [2.45, 2.75) is 6.92 Å². The number of allylic oxidation sites excluding steroid dienone is 1. The van der Waals surface area contributed by atoms with E-state index in [0.717, 1.165) is 11.3 Å². The van der Waals surface area contributed by atoms with Crippen molar-refractivity contribution in [3.8, 4) is 11.5 Å². The normalized spacial score (nSPS) is 10.9. The summed E-state index contributed by atoms with van der Waals surface area (Å²) in [6.07, 6.45) is 4.83. The van der Waals surface area contributed by atoms with Crippen LogP contribution in [0.2, 0.25) is 0 Å². The lowest BCUT2D eigenvalue weighted by molar-refractivity contribution is 0.104. The lowest BCUT2D eigenvalue weighted by Crippen LogP contribution is -1.98. The van der Waals surface area contributed by atoms with Gasteiger partial charge in [-0.25, -0.2) is 0 Å². The first-order valence-corrected chi connectivity index (χ1v) is 6.50. The van der Waals surface area contributed by atoms with Gasteiger partial charge in [-0.1, -0.05) is 0 Å². The maximum absolute atomic E-state index is 12.2. The number of aryl methyl sites for hydroxylation is 1. The van der Waals surface area contributed by atoms with Crippen molar-refractivity contribution in [2.24, 2.45) is 7.05 Å². The third-order valence-corrected chi connectivity index (χ3v) is 3.36. The average molecular weight is 286 g/mol. The zero-order valence-electron chi connectivity index (χ0n) is 12.6. The van der Waals surface area contributed by atoms with Gasteiger partial charge in [0.25, 0.3) is 0 Å². The maximum atomic E-state index is 12.2. The lowest BCUT2D eigenvalue weighted by atomic mass is 10.1. The number of ketones is 1.